The van der Waals surface area contributed by atoms with Crippen LogP contribution in [-0.2, 0) is 0 Å². The molecule has 0 heterocycles. The molecule has 100 valence electrons. The molecule has 0 saturated carbocycles. The highest BCUT2D eigenvalue weighted by Gasteiger charge is 2.14. The number of benzene rings is 2. The molecule has 0 aromatic heterocycles. The highest BCUT2D eigenvalue weighted by atomic mass is 16.3. The lowest BCUT2D eigenvalue weighted by atomic mass is 9.94. The van der Waals surface area contributed by atoms with Gasteiger partial charge in [0, 0.05) is 0 Å². The maximum atomic E-state index is 10.2. The van der Waals surface area contributed by atoms with Crippen molar-refractivity contribution >= 4 is 10.8 Å². The van der Waals surface area contributed by atoms with Gasteiger partial charge >= 0.3 is 0 Å². The Morgan fingerprint density at radius 2 is 1.10 bits per heavy atom. The van der Waals surface area contributed by atoms with E-state index in [9.17, 15) is 10.2 Å². The van der Waals surface area contributed by atoms with Crippen molar-refractivity contribution < 1.29 is 10.2 Å². The first kappa shape index (κ1) is 13.8. The van der Waals surface area contributed by atoms with Gasteiger partial charge in [-0.2, -0.15) is 0 Å². The molecule has 0 spiro atoms. The lowest BCUT2D eigenvalue weighted by Crippen LogP contribution is -1.91. The second kappa shape index (κ2) is 5.19. The smallest absolute Gasteiger partial charge is 0.134 e. The van der Waals surface area contributed by atoms with Gasteiger partial charge in [0.2, 0.25) is 0 Å². The van der Waals surface area contributed by atoms with E-state index in [1.54, 1.807) is 13.8 Å². The minimum Gasteiger partial charge on any atom is -0.506 e. The molecular weight excluding hydrogens is 248 g/mol. The SMILES string of the molecule is CC#Cc1cc2c(C)c(O)c(C#CC)cc2c(C)c1O. The zero-order valence-corrected chi connectivity index (χ0v) is 12.0. The predicted molar refractivity (Wildman–Crippen MR) is 81.9 cm³/mol. The van der Waals surface area contributed by atoms with Gasteiger partial charge < -0.3 is 10.2 Å². The van der Waals surface area contributed by atoms with Gasteiger partial charge in [0.1, 0.15) is 11.5 Å². The maximum absolute atomic E-state index is 10.2. The van der Waals surface area contributed by atoms with Crippen molar-refractivity contribution in [1.82, 2.24) is 0 Å². The quantitative estimate of drug-likeness (QED) is 0.714. The topological polar surface area (TPSA) is 40.5 Å². The van der Waals surface area contributed by atoms with Gasteiger partial charge in [-0.25, -0.2) is 0 Å². The van der Waals surface area contributed by atoms with E-state index in [-0.39, 0.29) is 11.5 Å². The molecule has 0 unspecified atom stereocenters. The van der Waals surface area contributed by atoms with E-state index in [1.807, 2.05) is 26.0 Å². The van der Waals surface area contributed by atoms with E-state index in [4.69, 9.17) is 0 Å². The number of rotatable bonds is 0. The van der Waals surface area contributed by atoms with Gasteiger partial charge in [0.15, 0.2) is 0 Å². The molecule has 2 rings (SSSR count). The third-order valence-electron chi connectivity index (χ3n) is 3.42. The van der Waals surface area contributed by atoms with Gasteiger partial charge in [0.25, 0.3) is 0 Å². The Morgan fingerprint density at radius 3 is 1.40 bits per heavy atom. The van der Waals surface area contributed by atoms with E-state index in [2.05, 4.69) is 23.7 Å². The summed E-state index contributed by atoms with van der Waals surface area (Å²) < 4.78 is 0. The van der Waals surface area contributed by atoms with Crippen LogP contribution in [0.1, 0.15) is 36.1 Å². The van der Waals surface area contributed by atoms with E-state index in [0.717, 1.165) is 21.9 Å². The molecule has 20 heavy (non-hydrogen) atoms. The Bertz CT molecular complexity index is 751. The summed E-state index contributed by atoms with van der Waals surface area (Å²) in [5.41, 5.74) is 2.66. The Hall–Kier alpha value is -2.58. The monoisotopic (exact) mass is 264 g/mol. The van der Waals surface area contributed by atoms with Gasteiger partial charge in [-0.3, -0.25) is 0 Å². The minimum atomic E-state index is 0.187. The Morgan fingerprint density at radius 1 is 0.750 bits per heavy atom. The van der Waals surface area contributed by atoms with Crippen LogP contribution >= 0.6 is 0 Å². The van der Waals surface area contributed by atoms with Crippen molar-refractivity contribution in [3.63, 3.8) is 0 Å². The second-order valence-corrected chi connectivity index (χ2v) is 4.64. The number of aromatic hydroxyl groups is 2. The number of phenolic OH excluding ortho intramolecular Hbond substituents is 2. The summed E-state index contributed by atoms with van der Waals surface area (Å²) in [6.45, 7) is 7.14. The molecule has 0 saturated heterocycles. The number of hydrogen-bond donors (Lipinski definition) is 2. The first-order valence-electron chi connectivity index (χ1n) is 6.35. The molecular formula is C18H16O2. The number of fused-ring (bicyclic) bond motifs is 1. The third kappa shape index (κ3) is 2.06. The molecule has 0 bridgehead atoms. The summed E-state index contributed by atoms with van der Waals surface area (Å²) in [6.07, 6.45) is 0. The Balaban J connectivity index is 2.97. The largest absolute Gasteiger partial charge is 0.506 e. The van der Waals surface area contributed by atoms with Crippen LogP contribution in [-0.4, -0.2) is 10.2 Å². The van der Waals surface area contributed by atoms with Crippen LogP contribution in [0.25, 0.3) is 10.8 Å². The lowest BCUT2D eigenvalue weighted by Gasteiger charge is -2.12. The summed E-state index contributed by atoms with van der Waals surface area (Å²) in [4.78, 5) is 0. The van der Waals surface area contributed by atoms with E-state index < -0.39 is 0 Å². The van der Waals surface area contributed by atoms with E-state index in [0.29, 0.717) is 11.1 Å². The molecule has 0 aliphatic carbocycles. The Kier molecular flexibility index (Phi) is 3.59. The zero-order valence-electron chi connectivity index (χ0n) is 12.0. The normalized spacial score (nSPS) is 9.60. The van der Waals surface area contributed by atoms with Gasteiger partial charge in [0.05, 0.1) is 11.1 Å². The number of aryl methyl sites for hydroxylation is 2. The molecule has 0 aliphatic heterocycles. The first-order valence-corrected chi connectivity index (χ1v) is 6.35. The molecule has 0 atom stereocenters. The average molecular weight is 264 g/mol. The van der Waals surface area contributed by atoms with Crippen molar-refractivity contribution in [3.8, 4) is 35.2 Å². The first-order chi connectivity index (χ1) is 9.51. The second-order valence-electron chi connectivity index (χ2n) is 4.64. The van der Waals surface area contributed by atoms with Crippen LogP contribution < -0.4 is 0 Å². The summed E-state index contributed by atoms with van der Waals surface area (Å²) in [6, 6.07) is 3.62. The highest BCUT2D eigenvalue weighted by molar-refractivity contribution is 5.95. The van der Waals surface area contributed by atoms with Crippen molar-refractivity contribution in [2.45, 2.75) is 27.7 Å². The minimum absolute atomic E-state index is 0.187. The highest BCUT2D eigenvalue weighted by Crippen LogP contribution is 2.36. The summed E-state index contributed by atoms with van der Waals surface area (Å²) in [5, 5.41) is 22.2. The molecule has 0 fully saturated rings. The molecule has 2 aromatic rings. The van der Waals surface area contributed by atoms with Crippen LogP contribution in [0.3, 0.4) is 0 Å². The predicted octanol–water partition coefficient (Wildman–Crippen LogP) is 3.61. The van der Waals surface area contributed by atoms with Crippen molar-refractivity contribution in [2.24, 2.45) is 0 Å². The van der Waals surface area contributed by atoms with Crippen LogP contribution in [0.2, 0.25) is 0 Å². The molecule has 2 heteroatoms. The van der Waals surface area contributed by atoms with E-state index in [1.165, 1.54) is 0 Å². The summed E-state index contributed by atoms with van der Waals surface area (Å²) in [5.74, 6) is 11.7. The van der Waals surface area contributed by atoms with Crippen LogP contribution in [0, 0.1) is 37.5 Å². The molecule has 2 nitrogen and oxygen atoms in total. The van der Waals surface area contributed by atoms with Crippen molar-refractivity contribution in [2.75, 3.05) is 0 Å². The Labute approximate surface area is 119 Å². The van der Waals surface area contributed by atoms with E-state index >= 15 is 0 Å². The fraction of sp³-hybridized carbons (Fsp3) is 0.222. The molecule has 0 aliphatic rings. The van der Waals surface area contributed by atoms with Crippen molar-refractivity contribution in [1.29, 1.82) is 0 Å². The third-order valence-corrected chi connectivity index (χ3v) is 3.42. The van der Waals surface area contributed by atoms with Crippen LogP contribution in [0.5, 0.6) is 11.5 Å². The fourth-order valence-electron chi connectivity index (χ4n) is 2.32. The van der Waals surface area contributed by atoms with Gasteiger partial charge in [-0.1, -0.05) is 11.8 Å². The standard InChI is InChI=1S/C18H16O2/c1-5-7-13-9-15-12(4)18(20)14(8-6-2)10-16(15)11(3)17(13)19/h9-10,19-20H,1-4H3. The molecule has 0 amide bonds. The molecule has 2 aromatic carbocycles. The lowest BCUT2D eigenvalue weighted by molar-refractivity contribution is 0.468. The maximum Gasteiger partial charge on any atom is 0.134 e. The van der Waals surface area contributed by atoms with Gasteiger partial charge in [-0.15, -0.1) is 11.8 Å². The fourth-order valence-corrected chi connectivity index (χ4v) is 2.32. The molecule has 2 N–H and O–H groups in total. The van der Waals surface area contributed by atoms with Crippen LogP contribution in [0.4, 0.5) is 0 Å². The van der Waals surface area contributed by atoms with Crippen molar-refractivity contribution in [3.05, 3.63) is 34.4 Å². The number of phenols is 2. The molecule has 0 radical (unpaired) electrons. The number of hydrogen-bond acceptors (Lipinski definition) is 2. The van der Waals surface area contributed by atoms with Crippen LogP contribution in [0.15, 0.2) is 12.1 Å². The average Bonchev–Trinajstić information content (AvgIpc) is 2.43. The summed E-state index contributed by atoms with van der Waals surface area (Å²) >= 11 is 0. The zero-order chi connectivity index (χ0) is 14.9. The summed E-state index contributed by atoms with van der Waals surface area (Å²) in [7, 11) is 0. The van der Waals surface area contributed by atoms with Gasteiger partial charge in [-0.05, 0) is 61.7 Å².